The number of carbonyl (C=O) groups excluding carboxylic acids is 1. The van der Waals surface area contributed by atoms with Crippen molar-refractivity contribution in [1.82, 2.24) is 19.7 Å². The molecule has 2 rings (SSSR count). The first-order valence-corrected chi connectivity index (χ1v) is 6.41. The third kappa shape index (κ3) is 2.65. The van der Waals surface area contributed by atoms with Gasteiger partial charge in [-0.2, -0.15) is 5.10 Å². The number of hydrogen-bond acceptors (Lipinski definition) is 3. The van der Waals surface area contributed by atoms with Gasteiger partial charge in [0.15, 0.2) is 0 Å². The molecular formula is C14H18N4O. The van der Waals surface area contributed by atoms with Crippen LogP contribution < -0.4 is 0 Å². The van der Waals surface area contributed by atoms with Crippen molar-refractivity contribution >= 4 is 5.91 Å². The summed E-state index contributed by atoms with van der Waals surface area (Å²) in [5, 5.41) is 4.21. The summed E-state index contributed by atoms with van der Waals surface area (Å²) < 4.78 is 1.88. The number of amides is 1. The van der Waals surface area contributed by atoms with Crippen LogP contribution in [0.2, 0.25) is 0 Å². The Morgan fingerprint density at radius 1 is 1.32 bits per heavy atom. The molecule has 0 unspecified atom stereocenters. The normalized spacial score (nSPS) is 10.5. The van der Waals surface area contributed by atoms with Crippen LogP contribution in [0.1, 0.15) is 24.2 Å². The second-order valence-electron chi connectivity index (χ2n) is 4.28. The van der Waals surface area contributed by atoms with Gasteiger partial charge < -0.3 is 4.90 Å². The van der Waals surface area contributed by atoms with Crippen LogP contribution >= 0.6 is 0 Å². The second kappa shape index (κ2) is 5.65. The molecule has 2 aromatic heterocycles. The van der Waals surface area contributed by atoms with E-state index in [1.54, 1.807) is 24.3 Å². The number of hydrogen-bond donors (Lipinski definition) is 0. The molecule has 0 fully saturated rings. The summed E-state index contributed by atoms with van der Waals surface area (Å²) in [6, 6.07) is 5.59. The zero-order valence-electron chi connectivity index (χ0n) is 11.5. The Hall–Kier alpha value is -2.17. The summed E-state index contributed by atoms with van der Waals surface area (Å²) in [7, 11) is 1.78. The van der Waals surface area contributed by atoms with Crippen molar-refractivity contribution in [2.24, 2.45) is 0 Å². The van der Waals surface area contributed by atoms with Crippen molar-refractivity contribution in [2.75, 3.05) is 13.6 Å². The highest BCUT2D eigenvalue weighted by Crippen LogP contribution is 2.16. The fraction of sp³-hybridized carbons (Fsp3) is 0.357. The van der Waals surface area contributed by atoms with Gasteiger partial charge in [0.1, 0.15) is 0 Å². The Labute approximate surface area is 112 Å². The zero-order valence-corrected chi connectivity index (χ0v) is 11.5. The Kier molecular flexibility index (Phi) is 3.94. The van der Waals surface area contributed by atoms with Gasteiger partial charge in [-0.25, -0.2) is 0 Å². The maximum atomic E-state index is 12.0. The molecule has 5 heteroatoms. The Morgan fingerprint density at radius 2 is 2.11 bits per heavy atom. The van der Waals surface area contributed by atoms with Gasteiger partial charge in [-0.1, -0.05) is 0 Å². The Morgan fingerprint density at radius 3 is 2.68 bits per heavy atom. The van der Waals surface area contributed by atoms with Crippen LogP contribution in [0.25, 0.3) is 11.4 Å². The lowest BCUT2D eigenvalue weighted by Gasteiger charge is -2.14. The van der Waals surface area contributed by atoms with Gasteiger partial charge in [0.05, 0.1) is 17.0 Å². The minimum absolute atomic E-state index is 0.00875. The van der Waals surface area contributed by atoms with E-state index < -0.39 is 0 Å². The minimum atomic E-state index is -0.00875. The Balaban J connectivity index is 2.26. The van der Waals surface area contributed by atoms with E-state index in [4.69, 9.17) is 0 Å². The van der Waals surface area contributed by atoms with E-state index in [-0.39, 0.29) is 5.91 Å². The monoisotopic (exact) mass is 258 g/mol. The number of aromatic nitrogens is 3. The molecule has 0 spiro atoms. The van der Waals surface area contributed by atoms with E-state index in [1.807, 2.05) is 36.7 Å². The second-order valence-corrected chi connectivity index (χ2v) is 4.28. The molecule has 100 valence electrons. The summed E-state index contributed by atoms with van der Waals surface area (Å²) in [6.07, 6.45) is 3.38. The lowest BCUT2D eigenvalue weighted by molar-refractivity contribution is 0.0802. The van der Waals surface area contributed by atoms with E-state index in [0.717, 1.165) is 17.9 Å². The van der Waals surface area contributed by atoms with Crippen LogP contribution in [-0.4, -0.2) is 39.2 Å². The minimum Gasteiger partial charge on any atom is -0.342 e. The first-order chi connectivity index (χ1) is 9.17. The number of nitrogens with zero attached hydrogens (tertiary/aromatic N) is 4. The number of pyridine rings is 1. The van der Waals surface area contributed by atoms with Crippen LogP contribution in [-0.2, 0) is 6.54 Å². The van der Waals surface area contributed by atoms with Crippen molar-refractivity contribution in [1.29, 1.82) is 0 Å². The third-order valence-electron chi connectivity index (χ3n) is 3.11. The molecule has 0 bridgehead atoms. The summed E-state index contributed by atoms with van der Waals surface area (Å²) in [5.41, 5.74) is 2.40. The van der Waals surface area contributed by atoms with E-state index in [0.29, 0.717) is 12.1 Å². The van der Waals surface area contributed by atoms with Gasteiger partial charge in [0, 0.05) is 32.5 Å². The van der Waals surface area contributed by atoms with Crippen LogP contribution in [0.5, 0.6) is 0 Å². The van der Waals surface area contributed by atoms with Crippen LogP contribution in [0.15, 0.2) is 30.6 Å². The molecule has 0 atom stereocenters. The molecule has 0 N–H and O–H groups in total. The highest BCUT2D eigenvalue weighted by atomic mass is 16.2. The van der Waals surface area contributed by atoms with Crippen molar-refractivity contribution in [3.05, 3.63) is 36.2 Å². The largest absolute Gasteiger partial charge is 0.342 e. The lowest BCUT2D eigenvalue weighted by Crippen LogP contribution is -2.26. The molecule has 2 aromatic rings. The standard InChI is InChI=1S/C14H18N4O/c1-4-17(3)14(19)11-6-7-12(15-10-11)13-8-9-16-18(13)5-2/h6-10H,4-5H2,1-3H3. The van der Waals surface area contributed by atoms with Gasteiger partial charge in [-0.05, 0) is 32.0 Å². The van der Waals surface area contributed by atoms with Gasteiger partial charge in [-0.3, -0.25) is 14.5 Å². The molecule has 0 saturated heterocycles. The number of carbonyl (C=O) groups is 1. The van der Waals surface area contributed by atoms with Crippen LogP contribution in [0, 0.1) is 0 Å². The van der Waals surface area contributed by atoms with E-state index >= 15 is 0 Å². The topological polar surface area (TPSA) is 51.0 Å². The van der Waals surface area contributed by atoms with Crippen molar-refractivity contribution in [2.45, 2.75) is 20.4 Å². The van der Waals surface area contributed by atoms with E-state index in [9.17, 15) is 4.79 Å². The SMILES string of the molecule is CCN(C)C(=O)c1ccc(-c2ccnn2CC)nc1. The predicted molar refractivity (Wildman–Crippen MR) is 73.8 cm³/mol. The summed E-state index contributed by atoms with van der Waals surface area (Å²) in [6.45, 7) is 5.45. The molecule has 0 saturated carbocycles. The van der Waals surface area contributed by atoms with Gasteiger partial charge in [-0.15, -0.1) is 0 Å². The molecule has 19 heavy (non-hydrogen) atoms. The molecule has 5 nitrogen and oxygen atoms in total. The first kappa shape index (κ1) is 13.3. The van der Waals surface area contributed by atoms with Crippen LogP contribution in [0.3, 0.4) is 0 Å². The van der Waals surface area contributed by atoms with E-state index in [1.165, 1.54) is 0 Å². The predicted octanol–water partition coefficient (Wildman–Crippen LogP) is 2.06. The highest BCUT2D eigenvalue weighted by Gasteiger charge is 2.11. The summed E-state index contributed by atoms with van der Waals surface area (Å²) >= 11 is 0. The zero-order chi connectivity index (χ0) is 13.8. The van der Waals surface area contributed by atoms with E-state index in [2.05, 4.69) is 10.1 Å². The average molecular weight is 258 g/mol. The summed E-state index contributed by atoms with van der Waals surface area (Å²) in [4.78, 5) is 18.0. The maximum Gasteiger partial charge on any atom is 0.255 e. The first-order valence-electron chi connectivity index (χ1n) is 6.41. The van der Waals surface area contributed by atoms with Crippen molar-refractivity contribution in [3.8, 4) is 11.4 Å². The van der Waals surface area contributed by atoms with Crippen molar-refractivity contribution < 1.29 is 4.79 Å². The number of rotatable bonds is 4. The molecule has 0 aliphatic heterocycles. The molecule has 0 radical (unpaired) electrons. The van der Waals surface area contributed by atoms with Gasteiger partial charge >= 0.3 is 0 Å². The molecule has 1 amide bonds. The number of aryl methyl sites for hydroxylation is 1. The average Bonchev–Trinajstić information content (AvgIpc) is 2.94. The molecule has 0 aliphatic rings. The summed E-state index contributed by atoms with van der Waals surface area (Å²) in [5.74, 6) is -0.00875. The quantitative estimate of drug-likeness (QED) is 0.843. The van der Waals surface area contributed by atoms with Gasteiger partial charge in [0.2, 0.25) is 0 Å². The fourth-order valence-electron chi connectivity index (χ4n) is 1.84. The molecule has 2 heterocycles. The molecule has 0 aromatic carbocycles. The Bertz CT molecular complexity index is 559. The maximum absolute atomic E-state index is 12.0. The van der Waals surface area contributed by atoms with Crippen molar-refractivity contribution in [3.63, 3.8) is 0 Å². The molecule has 0 aliphatic carbocycles. The molecular weight excluding hydrogens is 240 g/mol. The third-order valence-corrected chi connectivity index (χ3v) is 3.11. The smallest absolute Gasteiger partial charge is 0.255 e. The lowest BCUT2D eigenvalue weighted by atomic mass is 10.2. The van der Waals surface area contributed by atoms with Crippen LogP contribution in [0.4, 0.5) is 0 Å². The fourth-order valence-corrected chi connectivity index (χ4v) is 1.84. The highest BCUT2D eigenvalue weighted by molar-refractivity contribution is 5.93. The van der Waals surface area contributed by atoms with Gasteiger partial charge in [0.25, 0.3) is 5.91 Å².